The highest BCUT2D eigenvalue weighted by atomic mass is 35.5. The van der Waals surface area contributed by atoms with Crippen molar-refractivity contribution in [2.24, 2.45) is 0 Å². The van der Waals surface area contributed by atoms with Gasteiger partial charge in [0, 0.05) is 6.20 Å². The number of hydrogen-bond acceptors (Lipinski definition) is 3. The maximum Gasteiger partial charge on any atom is 0.341 e. The highest BCUT2D eigenvalue weighted by Gasteiger charge is 2.18. The lowest BCUT2D eigenvalue weighted by atomic mass is 10.1. The Labute approximate surface area is 113 Å². The summed E-state index contributed by atoms with van der Waals surface area (Å²) in [6.07, 6.45) is 1.39. The number of rotatable bonds is 3. The van der Waals surface area contributed by atoms with E-state index in [0.29, 0.717) is 5.56 Å². The molecule has 0 aliphatic carbocycles. The molecule has 1 N–H and O–H groups in total. The van der Waals surface area contributed by atoms with Crippen LogP contribution in [-0.2, 0) is 0 Å². The standard InChI is InChI=1S/C13H9ClFNO3/c1-7-5-6-16-12(10(7)13(17)18)19-9-4-2-3-8(14)11(9)15/h2-6H,1H3,(H,17,18). The van der Waals surface area contributed by atoms with E-state index in [2.05, 4.69) is 4.98 Å². The lowest BCUT2D eigenvalue weighted by molar-refractivity contribution is 0.0692. The Kier molecular flexibility index (Phi) is 3.66. The molecule has 1 aromatic heterocycles. The van der Waals surface area contributed by atoms with E-state index in [9.17, 15) is 9.18 Å². The number of ether oxygens (including phenoxy) is 1. The summed E-state index contributed by atoms with van der Waals surface area (Å²) in [6, 6.07) is 5.74. The fraction of sp³-hybridized carbons (Fsp3) is 0.0769. The number of benzene rings is 1. The summed E-state index contributed by atoms with van der Waals surface area (Å²) in [5.41, 5.74) is 0.363. The first kappa shape index (κ1) is 13.3. The molecule has 0 atom stereocenters. The van der Waals surface area contributed by atoms with E-state index in [-0.39, 0.29) is 22.2 Å². The fourth-order valence-electron chi connectivity index (χ4n) is 1.54. The minimum atomic E-state index is -1.19. The average Bonchev–Trinajstić information content (AvgIpc) is 2.34. The number of carboxylic acids is 1. The molecule has 6 heteroatoms. The SMILES string of the molecule is Cc1ccnc(Oc2cccc(Cl)c2F)c1C(=O)O. The van der Waals surface area contributed by atoms with Gasteiger partial charge in [0.2, 0.25) is 5.88 Å². The van der Waals surface area contributed by atoms with Crippen molar-refractivity contribution in [1.82, 2.24) is 4.98 Å². The van der Waals surface area contributed by atoms with Crippen LogP contribution in [-0.4, -0.2) is 16.1 Å². The van der Waals surface area contributed by atoms with E-state index >= 15 is 0 Å². The summed E-state index contributed by atoms with van der Waals surface area (Å²) in [7, 11) is 0. The van der Waals surface area contributed by atoms with Gasteiger partial charge in [0.25, 0.3) is 0 Å². The van der Waals surface area contributed by atoms with Gasteiger partial charge in [0.05, 0.1) is 5.02 Å². The Hall–Kier alpha value is -2.14. The quantitative estimate of drug-likeness (QED) is 0.932. The third-order valence-corrected chi connectivity index (χ3v) is 2.75. The Morgan fingerprint density at radius 2 is 2.16 bits per heavy atom. The molecule has 0 aliphatic heterocycles. The van der Waals surface area contributed by atoms with Crippen molar-refractivity contribution in [2.75, 3.05) is 0 Å². The number of halogens is 2. The molecular weight excluding hydrogens is 273 g/mol. The molecule has 0 saturated heterocycles. The lowest BCUT2D eigenvalue weighted by Crippen LogP contribution is -2.05. The molecule has 0 saturated carbocycles. The van der Waals surface area contributed by atoms with Gasteiger partial charge in [-0.15, -0.1) is 0 Å². The smallest absolute Gasteiger partial charge is 0.341 e. The van der Waals surface area contributed by atoms with Gasteiger partial charge in [-0.05, 0) is 30.7 Å². The second-order valence-corrected chi connectivity index (χ2v) is 4.17. The van der Waals surface area contributed by atoms with E-state index in [1.165, 1.54) is 30.5 Å². The second kappa shape index (κ2) is 5.24. The average molecular weight is 282 g/mol. The molecule has 2 rings (SSSR count). The van der Waals surface area contributed by atoms with Crippen molar-refractivity contribution in [3.05, 3.63) is 52.4 Å². The largest absolute Gasteiger partial charge is 0.477 e. The Balaban J connectivity index is 2.47. The van der Waals surface area contributed by atoms with Crippen molar-refractivity contribution in [1.29, 1.82) is 0 Å². The molecule has 1 heterocycles. The third kappa shape index (κ3) is 2.66. The van der Waals surface area contributed by atoms with Crippen molar-refractivity contribution in [3.63, 3.8) is 0 Å². The first-order chi connectivity index (χ1) is 9.00. The predicted molar refractivity (Wildman–Crippen MR) is 67.4 cm³/mol. The molecule has 4 nitrogen and oxygen atoms in total. The van der Waals surface area contributed by atoms with Gasteiger partial charge in [-0.25, -0.2) is 14.2 Å². The van der Waals surface area contributed by atoms with E-state index < -0.39 is 11.8 Å². The summed E-state index contributed by atoms with van der Waals surface area (Å²) < 4.78 is 18.9. The third-order valence-electron chi connectivity index (χ3n) is 2.46. The number of pyridine rings is 1. The summed E-state index contributed by atoms with van der Waals surface area (Å²) in [6.45, 7) is 1.60. The molecule has 0 amide bonds. The molecule has 0 spiro atoms. The first-order valence-corrected chi connectivity index (χ1v) is 5.69. The van der Waals surface area contributed by atoms with Gasteiger partial charge >= 0.3 is 5.97 Å². The molecule has 1 aromatic carbocycles. The number of aryl methyl sites for hydroxylation is 1. The van der Waals surface area contributed by atoms with Crippen LogP contribution in [0.15, 0.2) is 30.5 Å². The van der Waals surface area contributed by atoms with Gasteiger partial charge in [-0.3, -0.25) is 0 Å². The van der Waals surface area contributed by atoms with Crippen molar-refractivity contribution < 1.29 is 19.0 Å². The highest BCUT2D eigenvalue weighted by Crippen LogP contribution is 2.30. The number of carbonyl (C=O) groups is 1. The molecule has 0 aliphatic rings. The van der Waals surface area contributed by atoms with Gasteiger partial charge in [-0.2, -0.15) is 0 Å². The maximum absolute atomic E-state index is 13.7. The Morgan fingerprint density at radius 3 is 2.84 bits per heavy atom. The Morgan fingerprint density at radius 1 is 1.42 bits per heavy atom. The molecule has 0 radical (unpaired) electrons. The van der Waals surface area contributed by atoms with Gasteiger partial charge < -0.3 is 9.84 Å². The normalized spacial score (nSPS) is 10.3. The summed E-state index contributed by atoms with van der Waals surface area (Å²) in [5.74, 6) is -2.30. The van der Waals surface area contributed by atoms with Crippen LogP contribution < -0.4 is 4.74 Å². The molecular formula is C13H9ClFNO3. The van der Waals surface area contributed by atoms with Gasteiger partial charge in [0.1, 0.15) is 5.56 Å². The molecule has 0 bridgehead atoms. The zero-order chi connectivity index (χ0) is 14.0. The minimum absolute atomic E-state index is 0.109. The zero-order valence-corrected chi connectivity index (χ0v) is 10.6. The second-order valence-electron chi connectivity index (χ2n) is 3.77. The fourth-order valence-corrected chi connectivity index (χ4v) is 1.70. The number of carboxylic acid groups (broad SMARTS) is 1. The molecule has 0 fully saturated rings. The van der Waals surface area contributed by atoms with Crippen LogP contribution in [0.3, 0.4) is 0 Å². The lowest BCUT2D eigenvalue weighted by Gasteiger charge is -2.10. The monoisotopic (exact) mass is 281 g/mol. The van der Waals surface area contributed by atoms with Crippen LogP contribution in [0.4, 0.5) is 4.39 Å². The first-order valence-electron chi connectivity index (χ1n) is 5.31. The summed E-state index contributed by atoms with van der Waals surface area (Å²) in [5, 5.41) is 9.00. The van der Waals surface area contributed by atoms with Gasteiger partial charge in [-0.1, -0.05) is 17.7 Å². The van der Waals surface area contributed by atoms with Crippen LogP contribution in [0, 0.1) is 12.7 Å². The van der Waals surface area contributed by atoms with E-state index in [1.54, 1.807) is 6.92 Å². The Bertz CT molecular complexity index is 646. The number of nitrogens with zero attached hydrogens (tertiary/aromatic N) is 1. The highest BCUT2D eigenvalue weighted by molar-refractivity contribution is 6.30. The van der Waals surface area contributed by atoms with E-state index in [0.717, 1.165) is 0 Å². The van der Waals surface area contributed by atoms with Crippen molar-refractivity contribution >= 4 is 17.6 Å². The van der Waals surface area contributed by atoms with Gasteiger partial charge in [0.15, 0.2) is 11.6 Å². The van der Waals surface area contributed by atoms with E-state index in [4.69, 9.17) is 21.4 Å². The molecule has 19 heavy (non-hydrogen) atoms. The van der Waals surface area contributed by atoms with Crippen molar-refractivity contribution in [2.45, 2.75) is 6.92 Å². The number of hydrogen-bond donors (Lipinski definition) is 1. The van der Waals surface area contributed by atoms with Crippen LogP contribution in [0.1, 0.15) is 15.9 Å². The number of aromatic carboxylic acids is 1. The van der Waals surface area contributed by atoms with Crippen LogP contribution in [0.2, 0.25) is 5.02 Å². The number of aromatic nitrogens is 1. The topological polar surface area (TPSA) is 59.4 Å². The van der Waals surface area contributed by atoms with Crippen LogP contribution in [0.5, 0.6) is 11.6 Å². The zero-order valence-electron chi connectivity index (χ0n) is 9.85. The maximum atomic E-state index is 13.7. The van der Waals surface area contributed by atoms with Crippen LogP contribution in [0.25, 0.3) is 0 Å². The molecule has 0 unspecified atom stereocenters. The minimum Gasteiger partial charge on any atom is -0.477 e. The summed E-state index contributed by atoms with van der Waals surface area (Å²) >= 11 is 5.62. The van der Waals surface area contributed by atoms with Crippen LogP contribution >= 0.6 is 11.6 Å². The summed E-state index contributed by atoms with van der Waals surface area (Å²) in [4.78, 5) is 15.0. The van der Waals surface area contributed by atoms with E-state index in [1.807, 2.05) is 0 Å². The predicted octanol–water partition coefficient (Wildman–Crippen LogP) is 3.67. The van der Waals surface area contributed by atoms with Crippen molar-refractivity contribution in [3.8, 4) is 11.6 Å². The molecule has 98 valence electrons. The molecule has 2 aromatic rings.